The van der Waals surface area contributed by atoms with Crippen molar-refractivity contribution in [3.05, 3.63) is 46.4 Å². The molecule has 3 N–H and O–H groups in total. The predicted molar refractivity (Wildman–Crippen MR) is 79.6 cm³/mol. The summed E-state index contributed by atoms with van der Waals surface area (Å²) < 4.78 is 6.18. The van der Waals surface area contributed by atoms with Crippen LogP contribution in [0, 0.1) is 6.92 Å². The minimum Gasteiger partial charge on any atom is -0.497 e. The summed E-state index contributed by atoms with van der Waals surface area (Å²) in [6.07, 6.45) is 0. The highest BCUT2D eigenvalue weighted by atomic mass is 79.9. The molecule has 0 unspecified atom stereocenters. The van der Waals surface area contributed by atoms with Gasteiger partial charge >= 0.3 is 0 Å². The van der Waals surface area contributed by atoms with Gasteiger partial charge in [0.2, 0.25) is 0 Å². The van der Waals surface area contributed by atoms with Crippen molar-refractivity contribution in [1.29, 1.82) is 0 Å². The van der Waals surface area contributed by atoms with Gasteiger partial charge in [-0.05, 0) is 36.8 Å². The molecule has 2 aromatic rings. The van der Waals surface area contributed by atoms with Gasteiger partial charge in [0.25, 0.3) is 0 Å². The van der Waals surface area contributed by atoms with E-state index in [4.69, 9.17) is 10.5 Å². The van der Waals surface area contributed by atoms with Crippen LogP contribution in [-0.4, -0.2) is 7.11 Å². The second-order valence-electron chi connectivity index (χ2n) is 4.10. The highest BCUT2D eigenvalue weighted by Gasteiger charge is 2.03. The van der Waals surface area contributed by atoms with Crippen molar-refractivity contribution in [2.24, 2.45) is 0 Å². The summed E-state index contributed by atoms with van der Waals surface area (Å²) in [6, 6.07) is 11.7. The number of rotatable bonds is 3. The first kappa shape index (κ1) is 12.8. The SMILES string of the molecule is COc1cc(Br)cc(Nc2cc(C)ccc2N)c1. The fourth-order valence-corrected chi connectivity index (χ4v) is 2.16. The third kappa shape index (κ3) is 2.96. The Bertz CT molecular complexity index is 570. The van der Waals surface area contributed by atoms with Gasteiger partial charge in [-0.2, -0.15) is 0 Å². The van der Waals surface area contributed by atoms with Crippen LogP contribution in [0.5, 0.6) is 5.75 Å². The average molecular weight is 307 g/mol. The molecule has 0 aliphatic rings. The van der Waals surface area contributed by atoms with Crippen LogP contribution in [-0.2, 0) is 0 Å². The molecule has 0 spiro atoms. The van der Waals surface area contributed by atoms with E-state index in [1.807, 2.05) is 43.3 Å². The maximum absolute atomic E-state index is 5.94. The van der Waals surface area contributed by atoms with E-state index in [1.54, 1.807) is 7.11 Å². The van der Waals surface area contributed by atoms with E-state index in [0.29, 0.717) is 0 Å². The predicted octanol–water partition coefficient (Wildman–Crippen LogP) is 4.09. The largest absolute Gasteiger partial charge is 0.497 e. The number of aryl methyl sites for hydroxylation is 1. The van der Waals surface area contributed by atoms with Gasteiger partial charge in [-0.3, -0.25) is 0 Å². The molecule has 0 fully saturated rings. The zero-order valence-corrected chi connectivity index (χ0v) is 11.9. The standard InChI is InChI=1S/C14H15BrN2O/c1-9-3-4-13(16)14(5-9)17-11-6-10(15)7-12(8-11)18-2/h3-8,17H,16H2,1-2H3. The van der Waals surface area contributed by atoms with Crippen molar-refractivity contribution in [3.8, 4) is 5.75 Å². The molecule has 0 saturated heterocycles. The van der Waals surface area contributed by atoms with E-state index in [-0.39, 0.29) is 0 Å². The molecule has 0 atom stereocenters. The van der Waals surface area contributed by atoms with Gasteiger partial charge in [0.1, 0.15) is 5.75 Å². The fraction of sp³-hybridized carbons (Fsp3) is 0.143. The quantitative estimate of drug-likeness (QED) is 0.840. The van der Waals surface area contributed by atoms with Gasteiger partial charge in [0.15, 0.2) is 0 Å². The van der Waals surface area contributed by atoms with Crippen LogP contribution >= 0.6 is 15.9 Å². The summed E-state index contributed by atoms with van der Waals surface area (Å²) in [6.45, 7) is 2.03. The molecule has 0 aliphatic carbocycles. The first-order chi connectivity index (χ1) is 8.58. The van der Waals surface area contributed by atoms with E-state index >= 15 is 0 Å². The number of halogens is 1. The Labute approximate surface area is 115 Å². The normalized spacial score (nSPS) is 10.2. The molecule has 0 heterocycles. The van der Waals surface area contributed by atoms with Crippen LogP contribution in [0.1, 0.15) is 5.56 Å². The Morgan fingerprint density at radius 3 is 2.67 bits per heavy atom. The lowest BCUT2D eigenvalue weighted by Gasteiger charge is -2.12. The number of methoxy groups -OCH3 is 1. The monoisotopic (exact) mass is 306 g/mol. The highest BCUT2D eigenvalue weighted by Crippen LogP contribution is 2.29. The second-order valence-corrected chi connectivity index (χ2v) is 5.01. The highest BCUT2D eigenvalue weighted by molar-refractivity contribution is 9.10. The Balaban J connectivity index is 2.33. The summed E-state index contributed by atoms with van der Waals surface area (Å²) >= 11 is 3.45. The molecule has 0 amide bonds. The molecule has 94 valence electrons. The zero-order chi connectivity index (χ0) is 13.1. The van der Waals surface area contributed by atoms with Crippen molar-refractivity contribution < 1.29 is 4.74 Å². The van der Waals surface area contributed by atoms with Gasteiger partial charge in [-0.15, -0.1) is 0 Å². The molecule has 0 aromatic heterocycles. The molecule has 0 bridgehead atoms. The van der Waals surface area contributed by atoms with Crippen LogP contribution in [0.4, 0.5) is 17.1 Å². The van der Waals surface area contributed by atoms with Crippen LogP contribution < -0.4 is 15.8 Å². The number of nitrogens with one attached hydrogen (secondary N) is 1. The van der Waals surface area contributed by atoms with E-state index < -0.39 is 0 Å². The number of nitrogen functional groups attached to an aromatic ring is 1. The van der Waals surface area contributed by atoms with Crippen molar-refractivity contribution in [3.63, 3.8) is 0 Å². The summed E-state index contributed by atoms with van der Waals surface area (Å²) in [5.41, 5.74) is 9.65. The lowest BCUT2D eigenvalue weighted by atomic mass is 10.2. The van der Waals surface area contributed by atoms with E-state index in [1.165, 1.54) is 0 Å². The number of hydrogen-bond acceptors (Lipinski definition) is 3. The lowest BCUT2D eigenvalue weighted by Crippen LogP contribution is -1.97. The first-order valence-corrected chi connectivity index (χ1v) is 6.35. The van der Waals surface area contributed by atoms with Gasteiger partial charge in [0, 0.05) is 16.2 Å². The van der Waals surface area contributed by atoms with Crippen LogP contribution in [0.2, 0.25) is 0 Å². The smallest absolute Gasteiger partial charge is 0.122 e. The maximum Gasteiger partial charge on any atom is 0.122 e. The number of nitrogens with two attached hydrogens (primary N) is 1. The average Bonchev–Trinajstić information content (AvgIpc) is 2.33. The molecular weight excluding hydrogens is 292 g/mol. The van der Waals surface area contributed by atoms with E-state index in [2.05, 4.69) is 21.2 Å². The zero-order valence-electron chi connectivity index (χ0n) is 10.3. The molecule has 0 radical (unpaired) electrons. The van der Waals surface area contributed by atoms with Crippen molar-refractivity contribution in [1.82, 2.24) is 0 Å². The number of ether oxygens (including phenoxy) is 1. The van der Waals surface area contributed by atoms with Crippen LogP contribution in [0.3, 0.4) is 0 Å². The fourth-order valence-electron chi connectivity index (χ4n) is 1.69. The van der Waals surface area contributed by atoms with Crippen molar-refractivity contribution in [2.45, 2.75) is 6.92 Å². The maximum atomic E-state index is 5.94. The number of anilines is 3. The number of benzene rings is 2. The molecule has 0 aliphatic heterocycles. The number of hydrogen-bond donors (Lipinski definition) is 2. The Kier molecular flexibility index (Phi) is 3.77. The van der Waals surface area contributed by atoms with Gasteiger partial charge in [0.05, 0.1) is 18.5 Å². The topological polar surface area (TPSA) is 47.3 Å². The minimum absolute atomic E-state index is 0.722. The van der Waals surface area contributed by atoms with Gasteiger partial charge in [-0.25, -0.2) is 0 Å². The van der Waals surface area contributed by atoms with E-state index in [0.717, 1.165) is 32.8 Å². The van der Waals surface area contributed by atoms with Gasteiger partial charge in [-0.1, -0.05) is 22.0 Å². The second kappa shape index (κ2) is 5.31. The Morgan fingerprint density at radius 2 is 1.94 bits per heavy atom. The summed E-state index contributed by atoms with van der Waals surface area (Å²) in [4.78, 5) is 0. The van der Waals surface area contributed by atoms with Gasteiger partial charge < -0.3 is 15.8 Å². The Hall–Kier alpha value is -1.68. The molecular formula is C14H15BrN2O. The van der Waals surface area contributed by atoms with E-state index in [9.17, 15) is 0 Å². The summed E-state index contributed by atoms with van der Waals surface area (Å²) in [5, 5.41) is 3.29. The minimum atomic E-state index is 0.722. The molecule has 3 nitrogen and oxygen atoms in total. The first-order valence-electron chi connectivity index (χ1n) is 5.56. The van der Waals surface area contributed by atoms with Crippen molar-refractivity contribution >= 4 is 33.0 Å². The molecule has 2 rings (SSSR count). The Morgan fingerprint density at radius 1 is 1.17 bits per heavy atom. The van der Waals surface area contributed by atoms with Crippen LogP contribution in [0.25, 0.3) is 0 Å². The third-order valence-corrected chi connectivity index (χ3v) is 3.05. The lowest BCUT2D eigenvalue weighted by molar-refractivity contribution is 0.415. The van der Waals surface area contributed by atoms with Crippen molar-refractivity contribution in [2.75, 3.05) is 18.2 Å². The summed E-state index contributed by atoms with van der Waals surface area (Å²) in [5.74, 6) is 0.790. The summed E-state index contributed by atoms with van der Waals surface area (Å²) in [7, 11) is 1.65. The molecule has 4 heteroatoms. The molecule has 0 saturated carbocycles. The third-order valence-electron chi connectivity index (χ3n) is 2.59. The molecule has 18 heavy (non-hydrogen) atoms. The van der Waals surface area contributed by atoms with Crippen LogP contribution in [0.15, 0.2) is 40.9 Å². The molecule has 2 aromatic carbocycles.